The maximum Gasteiger partial charge on any atom is 0.123 e. The molecule has 2 N–H and O–H groups in total. The maximum atomic E-state index is 9.97. The summed E-state index contributed by atoms with van der Waals surface area (Å²) in [6.07, 6.45) is 3.03. The van der Waals surface area contributed by atoms with Crippen molar-refractivity contribution in [3.63, 3.8) is 0 Å². The number of benzene rings is 1. The molecule has 0 fully saturated rings. The Morgan fingerprint density at radius 3 is 2.94 bits per heavy atom. The van der Waals surface area contributed by atoms with E-state index in [2.05, 4.69) is 0 Å². The molecule has 0 amide bonds. The van der Waals surface area contributed by atoms with Gasteiger partial charge in [-0.05, 0) is 49.8 Å². The van der Waals surface area contributed by atoms with Gasteiger partial charge in [0, 0.05) is 0 Å². The SMILES string of the molecule is CCC(C)(O)COc1cccc2c1CCCC2O. The largest absolute Gasteiger partial charge is 0.490 e. The number of rotatable bonds is 4. The molecule has 2 rings (SSSR count). The van der Waals surface area contributed by atoms with Gasteiger partial charge in [0.05, 0.1) is 11.7 Å². The smallest absolute Gasteiger partial charge is 0.123 e. The molecular formula is C15H22O3. The minimum atomic E-state index is -0.796. The van der Waals surface area contributed by atoms with Gasteiger partial charge < -0.3 is 14.9 Å². The summed E-state index contributed by atoms with van der Waals surface area (Å²) in [6, 6.07) is 5.79. The minimum Gasteiger partial charge on any atom is -0.490 e. The third-order valence-electron chi connectivity index (χ3n) is 3.73. The van der Waals surface area contributed by atoms with E-state index in [4.69, 9.17) is 4.74 Å². The third kappa shape index (κ3) is 2.85. The minimum absolute atomic E-state index is 0.288. The van der Waals surface area contributed by atoms with E-state index in [1.165, 1.54) is 0 Å². The predicted octanol–water partition coefficient (Wildman–Crippen LogP) is 2.60. The van der Waals surface area contributed by atoms with E-state index in [1.807, 2.05) is 25.1 Å². The van der Waals surface area contributed by atoms with Gasteiger partial charge in [-0.1, -0.05) is 19.1 Å². The van der Waals surface area contributed by atoms with Crippen molar-refractivity contribution in [2.24, 2.45) is 0 Å². The fourth-order valence-electron chi connectivity index (χ4n) is 2.26. The van der Waals surface area contributed by atoms with E-state index >= 15 is 0 Å². The molecule has 0 aliphatic heterocycles. The van der Waals surface area contributed by atoms with Crippen LogP contribution < -0.4 is 4.74 Å². The second-order valence-electron chi connectivity index (χ2n) is 5.37. The van der Waals surface area contributed by atoms with Gasteiger partial charge in [0.15, 0.2) is 0 Å². The van der Waals surface area contributed by atoms with E-state index in [0.29, 0.717) is 6.42 Å². The zero-order valence-corrected chi connectivity index (χ0v) is 11.1. The van der Waals surface area contributed by atoms with Crippen LogP contribution in [0.2, 0.25) is 0 Å². The highest BCUT2D eigenvalue weighted by atomic mass is 16.5. The van der Waals surface area contributed by atoms with E-state index in [1.54, 1.807) is 6.92 Å². The van der Waals surface area contributed by atoms with Crippen molar-refractivity contribution in [1.82, 2.24) is 0 Å². The quantitative estimate of drug-likeness (QED) is 0.863. The second kappa shape index (κ2) is 5.29. The predicted molar refractivity (Wildman–Crippen MR) is 70.7 cm³/mol. The second-order valence-corrected chi connectivity index (χ2v) is 5.37. The molecule has 0 heterocycles. The lowest BCUT2D eigenvalue weighted by Gasteiger charge is -2.26. The Balaban J connectivity index is 2.17. The Bertz CT molecular complexity index is 412. The summed E-state index contributed by atoms with van der Waals surface area (Å²) in [6.45, 7) is 4.00. The van der Waals surface area contributed by atoms with Crippen molar-refractivity contribution in [2.45, 2.75) is 51.2 Å². The zero-order chi connectivity index (χ0) is 13.2. The highest BCUT2D eigenvalue weighted by Gasteiger charge is 2.23. The molecule has 0 spiro atoms. The van der Waals surface area contributed by atoms with Crippen molar-refractivity contribution in [2.75, 3.05) is 6.61 Å². The van der Waals surface area contributed by atoms with Gasteiger partial charge in [0.25, 0.3) is 0 Å². The van der Waals surface area contributed by atoms with Crippen LogP contribution in [-0.4, -0.2) is 22.4 Å². The van der Waals surface area contributed by atoms with Crippen molar-refractivity contribution in [3.05, 3.63) is 29.3 Å². The molecule has 2 atom stereocenters. The van der Waals surface area contributed by atoms with Gasteiger partial charge in [-0.15, -0.1) is 0 Å². The number of hydrogen-bond donors (Lipinski definition) is 2. The van der Waals surface area contributed by atoms with Crippen LogP contribution in [0.1, 0.15) is 50.3 Å². The number of hydrogen-bond acceptors (Lipinski definition) is 3. The number of fused-ring (bicyclic) bond motifs is 1. The monoisotopic (exact) mass is 250 g/mol. The molecule has 1 aliphatic rings. The lowest BCUT2D eigenvalue weighted by molar-refractivity contribution is 0.00797. The summed E-state index contributed by atoms with van der Waals surface area (Å²) in [5, 5.41) is 19.9. The molecule has 1 aliphatic carbocycles. The lowest BCUT2D eigenvalue weighted by atomic mass is 9.89. The van der Waals surface area contributed by atoms with Gasteiger partial charge in [-0.25, -0.2) is 0 Å². The molecule has 2 unspecified atom stereocenters. The summed E-state index contributed by atoms with van der Waals surface area (Å²) >= 11 is 0. The Morgan fingerprint density at radius 2 is 2.22 bits per heavy atom. The molecular weight excluding hydrogens is 228 g/mol. The van der Waals surface area contributed by atoms with Crippen molar-refractivity contribution >= 4 is 0 Å². The van der Waals surface area contributed by atoms with Crippen LogP contribution in [0.3, 0.4) is 0 Å². The van der Waals surface area contributed by atoms with Crippen molar-refractivity contribution in [1.29, 1.82) is 0 Å². The molecule has 1 aromatic carbocycles. The van der Waals surface area contributed by atoms with E-state index in [9.17, 15) is 10.2 Å². The molecule has 3 heteroatoms. The Kier molecular flexibility index (Phi) is 3.93. The molecule has 0 bridgehead atoms. The van der Waals surface area contributed by atoms with Gasteiger partial charge in [0.2, 0.25) is 0 Å². The standard InChI is InChI=1S/C15H22O3/c1-3-15(2,17)10-18-14-9-5-6-11-12(14)7-4-8-13(11)16/h5-6,9,13,16-17H,3-4,7-8,10H2,1-2H3. The van der Waals surface area contributed by atoms with E-state index < -0.39 is 5.60 Å². The van der Waals surface area contributed by atoms with Crippen LogP contribution in [0, 0.1) is 0 Å². The first kappa shape index (κ1) is 13.4. The Labute approximate surface area is 108 Å². The summed E-state index contributed by atoms with van der Waals surface area (Å²) in [7, 11) is 0. The Morgan fingerprint density at radius 1 is 1.44 bits per heavy atom. The van der Waals surface area contributed by atoms with Crippen molar-refractivity contribution in [3.8, 4) is 5.75 Å². The molecule has 0 saturated heterocycles. The van der Waals surface area contributed by atoms with E-state index in [-0.39, 0.29) is 12.7 Å². The average Bonchev–Trinajstić information content (AvgIpc) is 2.37. The molecule has 100 valence electrons. The molecule has 1 aromatic rings. The highest BCUT2D eigenvalue weighted by Crippen LogP contribution is 2.35. The number of ether oxygens (including phenoxy) is 1. The first-order valence-electron chi connectivity index (χ1n) is 6.68. The van der Waals surface area contributed by atoms with Gasteiger partial charge in [0.1, 0.15) is 12.4 Å². The van der Waals surface area contributed by atoms with Gasteiger partial charge in [-0.2, -0.15) is 0 Å². The number of aliphatic hydroxyl groups excluding tert-OH is 1. The fourth-order valence-corrected chi connectivity index (χ4v) is 2.26. The summed E-state index contributed by atoms with van der Waals surface area (Å²) in [5.74, 6) is 0.806. The van der Waals surface area contributed by atoms with Crippen LogP contribution >= 0.6 is 0 Å². The summed E-state index contributed by atoms with van der Waals surface area (Å²) in [5.41, 5.74) is 1.29. The highest BCUT2D eigenvalue weighted by molar-refractivity contribution is 5.42. The topological polar surface area (TPSA) is 49.7 Å². The molecule has 0 aromatic heterocycles. The molecule has 0 radical (unpaired) electrons. The summed E-state index contributed by atoms with van der Waals surface area (Å²) in [4.78, 5) is 0. The third-order valence-corrected chi connectivity index (χ3v) is 3.73. The van der Waals surface area contributed by atoms with Gasteiger partial charge >= 0.3 is 0 Å². The van der Waals surface area contributed by atoms with Crippen LogP contribution in [-0.2, 0) is 6.42 Å². The number of aliphatic hydroxyl groups is 2. The molecule has 18 heavy (non-hydrogen) atoms. The molecule has 0 saturated carbocycles. The first-order chi connectivity index (χ1) is 8.53. The van der Waals surface area contributed by atoms with Crippen LogP contribution in [0.15, 0.2) is 18.2 Å². The van der Waals surface area contributed by atoms with Crippen molar-refractivity contribution < 1.29 is 14.9 Å². The van der Waals surface area contributed by atoms with Crippen LogP contribution in [0.25, 0.3) is 0 Å². The summed E-state index contributed by atoms with van der Waals surface area (Å²) < 4.78 is 5.75. The zero-order valence-electron chi connectivity index (χ0n) is 11.1. The normalized spacial score (nSPS) is 22.1. The molecule has 3 nitrogen and oxygen atoms in total. The lowest BCUT2D eigenvalue weighted by Crippen LogP contribution is -2.31. The van der Waals surface area contributed by atoms with Crippen LogP contribution in [0.5, 0.6) is 5.75 Å². The Hall–Kier alpha value is -1.06. The van der Waals surface area contributed by atoms with Crippen LogP contribution in [0.4, 0.5) is 0 Å². The first-order valence-corrected chi connectivity index (χ1v) is 6.68. The maximum absolute atomic E-state index is 9.97. The fraction of sp³-hybridized carbons (Fsp3) is 0.600. The van der Waals surface area contributed by atoms with E-state index in [0.717, 1.165) is 36.1 Å². The average molecular weight is 250 g/mol. The van der Waals surface area contributed by atoms with Gasteiger partial charge in [-0.3, -0.25) is 0 Å².